The van der Waals surface area contributed by atoms with E-state index in [2.05, 4.69) is 10.6 Å². The first-order chi connectivity index (χ1) is 9.38. The van der Waals surface area contributed by atoms with Gasteiger partial charge in [0, 0.05) is 19.6 Å². The highest BCUT2D eigenvalue weighted by atomic mass is 16.6. The molecule has 0 aliphatic carbocycles. The first kappa shape index (κ1) is 16.8. The van der Waals surface area contributed by atoms with E-state index in [9.17, 15) is 9.59 Å². The summed E-state index contributed by atoms with van der Waals surface area (Å²) in [5.74, 6) is 0.169. The summed E-state index contributed by atoms with van der Waals surface area (Å²) in [4.78, 5) is 25.0. The summed E-state index contributed by atoms with van der Waals surface area (Å²) in [6, 6.07) is 0. The second kappa shape index (κ2) is 8.09. The fourth-order valence-electron chi connectivity index (χ4n) is 1.99. The minimum atomic E-state index is -0.468. The highest BCUT2D eigenvalue weighted by Gasteiger charge is 2.17. The highest BCUT2D eigenvalue weighted by Crippen LogP contribution is 2.07. The SMILES string of the molecule is CC(C)(C)OC(=O)NCCCNCC(=O)N1CCCC1. The third kappa shape index (κ3) is 7.33. The molecule has 0 aromatic heterocycles. The van der Waals surface area contributed by atoms with Gasteiger partial charge in [0.2, 0.25) is 5.91 Å². The third-order valence-corrected chi connectivity index (χ3v) is 2.93. The lowest BCUT2D eigenvalue weighted by molar-refractivity contribution is -0.129. The zero-order chi connectivity index (χ0) is 15.0. The Morgan fingerprint density at radius 3 is 2.40 bits per heavy atom. The van der Waals surface area contributed by atoms with Crippen molar-refractivity contribution < 1.29 is 14.3 Å². The van der Waals surface area contributed by atoms with E-state index in [1.54, 1.807) is 0 Å². The Hall–Kier alpha value is -1.30. The van der Waals surface area contributed by atoms with Crippen molar-refractivity contribution in [1.82, 2.24) is 15.5 Å². The van der Waals surface area contributed by atoms with Crippen molar-refractivity contribution in [2.24, 2.45) is 0 Å². The van der Waals surface area contributed by atoms with E-state index in [1.807, 2.05) is 25.7 Å². The van der Waals surface area contributed by atoms with Crippen LogP contribution in [0.3, 0.4) is 0 Å². The lowest BCUT2D eigenvalue weighted by Gasteiger charge is -2.19. The van der Waals surface area contributed by atoms with Gasteiger partial charge >= 0.3 is 6.09 Å². The molecule has 20 heavy (non-hydrogen) atoms. The standard InChI is InChI=1S/C14H27N3O3/c1-14(2,3)20-13(19)16-8-6-7-15-11-12(18)17-9-4-5-10-17/h15H,4-11H2,1-3H3,(H,16,19). The Kier molecular flexibility index (Phi) is 6.78. The summed E-state index contributed by atoms with van der Waals surface area (Å²) in [5, 5.41) is 5.79. The maximum Gasteiger partial charge on any atom is 0.407 e. The van der Waals surface area contributed by atoms with Crippen LogP contribution in [0.2, 0.25) is 0 Å². The summed E-state index contributed by atoms with van der Waals surface area (Å²) in [5.41, 5.74) is -0.468. The molecule has 1 rings (SSSR count). The van der Waals surface area contributed by atoms with Gasteiger partial charge in [0.05, 0.1) is 6.54 Å². The van der Waals surface area contributed by atoms with Crippen LogP contribution in [0.15, 0.2) is 0 Å². The summed E-state index contributed by atoms with van der Waals surface area (Å²) >= 11 is 0. The van der Waals surface area contributed by atoms with Crippen LogP contribution in [0.25, 0.3) is 0 Å². The van der Waals surface area contributed by atoms with Crippen molar-refractivity contribution in [3.8, 4) is 0 Å². The second-order valence-electron chi connectivity index (χ2n) is 6.05. The number of hydrogen-bond donors (Lipinski definition) is 2. The van der Waals surface area contributed by atoms with Crippen molar-refractivity contribution >= 4 is 12.0 Å². The Balaban J connectivity index is 1.97. The number of ether oxygens (including phenoxy) is 1. The molecule has 116 valence electrons. The molecule has 6 heteroatoms. The predicted molar refractivity (Wildman–Crippen MR) is 77.5 cm³/mol. The molecule has 0 aromatic carbocycles. The summed E-state index contributed by atoms with van der Waals surface area (Å²) < 4.78 is 5.12. The normalized spacial score (nSPS) is 15.2. The lowest BCUT2D eigenvalue weighted by Crippen LogP contribution is -2.37. The van der Waals surface area contributed by atoms with Crippen molar-refractivity contribution in [3.63, 3.8) is 0 Å². The summed E-state index contributed by atoms with van der Waals surface area (Å²) in [7, 11) is 0. The van der Waals surface area contributed by atoms with Gasteiger partial charge in [-0.2, -0.15) is 0 Å². The van der Waals surface area contributed by atoms with Gasteiger partial charge in [-0.05, 0) is 46.6 Å². The topological polar surface area (TPSA) is 70.7 Å². The number of alkyl carbamates (subject to hydrolysis) is 1. The molecule has 0 spiro atoms. The molecular weight excluding hydrogens is 258 g/mol. The van der Waals surface area contributed by atoms with E-state index in [0.29, 0.717) is 19.6 Å². The van der Waals surface area contributed by atoms with Crippen molar-refractivity contribution in [2.45, 2.75) is 45.6 Å². The molecule has 0 atom stereocenters. The van der Waals surface area contributed by atoms with Crippen LogP contribution >= 0.6 is 0 Å². The van der Waals surface area contributed by atoms with Crippen molar-refractivity contribution in [1.29, 1.82) is 0 Å². The number of hydrogen-bond acceptors (Lipinski definition) is 4. The molecule has 0 radical (unpaired) electrons. The van der Waals surface area contributed by atoms with E-state index in [4.69, 9.17) is 4.74 Å². The molecule has 2 amide bonds. The van der Waals surface area contributed by atoms with Crippen LogP contribution in [0.1, 0.15) is 40.0 Å². The summed E-state index contributed by atoms with van der Waals surface area (Å²) in [6.45, 7) is 8.90. The average Bonchev–Trinajstić information content (AvgIpc) is 2.84. The van der Waals surface area contributed by atoms with Gasteiger partial charge in [-0.15, -0.1) is 0 Å². The van der Waals surface area contributed by atoms with Gasteiger partial charge in [-0.25, -0.2) is 4.79 Å². The molecule has 1 saturated heterocycles. The van der Waals surface area contributed by atoms with E-state index >= 15 is 0 Å². The molecule has 0 aromatic rings. The first-order valence-electron chi connectivity index (χ1n) is 7.34. The zero-order valence-electron chi connectivity index (χ0n) is 12.8. The van der Waals surface area contributed by atoms with Crippen LogP contribution < -0.4 is 10.6 Å². The number of carbonyl (C=O) groups excluding carboxylic acids is 2. The van der Waals surface area contributed by atoms with Crippen LogP contribution in [-0.2, 0) is 9.53 Å². The zero-order valence-corrected chi connectivity index (χ0v) is 12.8. The van der Waals surface area contributed by atoms with Crippen LogP contribution in [0.4, 0.5) is 4.79 Å². The summed E-state index contributed by atoms with van der Waals surface area (Å²) in [6.07, 6.45) is 2.61. The monoisotopic (exact) mass is 285 g/mol. The maximum atomic E-state index is 11.7. The lowest BCUT2D eigenvalue weighted by atomic mass is 10.2. The van der Waals surface area contributed by atoms with Crippen molar-refractivity contribution in [2.75, 3.05) is 32.7 Å². The van der Waals surface area contributed by atoms with Gasteiger partial charge < -0.3 is 20.3 Å². The molecule has 0 unspecified atom stereocenters. The highest BCUT2D eigenvalue weighted by molar-refractivity contribution is 5.78. The molecule has 1 aliphatic heterocycles. The fourth-order valence-corrected chi connectivity index (χ4v) is 1.99. The van der Waals surface area contributed by atoms with Crippen molar-refractivity contribution in [3.05, 3.63) is 0 Å². The molecule has 1 fully saturated rings. The van der Waals surface area contributed by atoms with Gasteiger partial charge in [0.1, 0.15) is 5.60 Å². The van der Waals surface area contributed by atoms with Gasteiger partial charge in [-0.3, -0.25) is 4.79 Å². The average molecular weight is 285 g/mol. The number of nitrogens with zero attached hydrogens (tertiary/aromatic N) is 1. The molecule has 0 saturated carbocycles. The van der Waals surface area contributed by atoms with Crippen LogP contribution in [0.5, 0.6) is 0 Å². The number of nitrogens with one attached hydrogen (secondary N) is 2. The molecule has 1 aliphatic rings. The molecule has 1 heterocycles. The number of likely N-dealkylation sites (tertiary alicyclic amines) is 1. The quantitative estimate of drug-likeness (QED) is 0.717. The predicted octanol–water partition coefficient (Wildman–Crippen LogP) is 1.11. The first-order valence-corrected chi connectivity index (χ1v) is 7.34. The van der Waals surface area contributed by atoms with Crippen LogP contribution in [0, 0.1) is 0 Å². The van der Waals surface area contributed by atoms with Gasteiger partial charge in [0.25, 0.3) is 0 Å². The molecule has 2 N–H and O–H groups in total. The third-order valence-electron chi connectivity index (χ3n) is 2.93. The van der Waals surface area contributed by atoms with E-state index in [1.165, 1.54) is 0 Å². The van der Waals surface area contributed by atoms with E-state index < -0.39 is 11.7 Å². The number of rotatable bonds is 6. The second-order valence-corrected chi connectivity index (χ2v) is 6.05. The van der Waals surface area contributed by atoms with E-state index in [0.717, 1.165) is 32.4 Å². The number of amides is 2. The maximum absolute atomic E-state index is 11.7. The molecule has 0 bridgehead atoms. The molecule has 6 nitrogen and oxygen atoms in total. The minimum Gasteiger partial charge on any atom is -0.444 e. The Morgan fingerprint density at radius 2 is 1.80 bits per heavy atom. The molecular formula is C14H27N3O3. The van der Waals surface area contributed by atoms with E-state index in [-0.39, 0.29) is 5.91 Å². The van der Waals surface area contributed by atoms with Gasteiger partial charge in [0.15, 0.2) is 0 Å². The Bertz CT molecular complexity index is 320. The van der Waals surface area contributed by atoms with Gasteiger partial charge in [-0.1, -0.05) is 0 Å². The Labute approximate surface area is 121 Å². The smallest absolute Gasteiger partial charge is 0.407 e. The minimum absolute atomic E-state index is 0.169. The van der Waals surface area contributed by atoms with Crippen LogP contribution in [-0.4, -0.2) is 55.2 Å². The Morgan fingerprint density at radius 1 is 1.15 bits per heavy atom. The number of carbonyl (C=O) groups is 2. The fraction of sp³-hybridized carbons (Fsp3) is 0.857. The largest absolute Gasteiger partial charge is 0.444 e.